The molecule has 0 saturated heterocycles. The van der Waals surface area contributed by atoms with Crippen LogP contribution in [0, 0.1) is 13.8 Å². The van der Waals surface area contributed by atoms with Gasteiger partial charge in [-0.1, -0.05) is 6.08 Å². The molecule has 122 valence electrons. The van der Waals surface area contributed by atoms with Crippen molar-refractivity contribution in [3.63, 3.8) is 0 Å². The van der Waals surface area contributed by atoms with Gasteiger partial charge in [-0.25, -0.2) is 4.79 Å². The van der Waals surface area contributed by atoms with E-state index in [-0.39, 0.29) is 17.8 Å². The summed E-state index contributed by atoms with van der Waals surface area (Å²) in [6, 6.07) is -0.335. The van der Waals surface area contributed by atoms with E-state index in [0.717, 1.165) is 5.69 Å². The largest absolute Gasteiger partial charge is 0.461 e. The molecule has 1 N–H and O–H groups in total. The molecule has 0 saturated carbocycles. The highest BCUT2D eigenvalue weighted by Gasteiger charge is 2.28. The third-order valence-corrected chi connectivity index (χ3v) is 3.76. The van der Waals surface area contributed by atoms with Crippen LogP contribution < -0.4 is 5.32 Å². The molecule has 5 nitrogen and oxygen atoms in total. The van der Waals surface area contributed by atoms with Crippen LogP contribution in [-0.2, 0) is 11.3 Å². The van der Waals surface area contributed by atoms with Crippen molar-refractivity contribution in [3.05, 3.63) is 35.2 Å². The Morgan fingerprint density at radius 1 is 1.36 bits per heavy atom. The van der Waals surface area contributed by atoms with Crippen molar-refractivity contribution < 1.29 is 14.3 Å². The highest BCUT2D eigenvalue weighted by Crippen LogP contribution is 2.24. The van der Waals surface area contributed by atoms with Gasteiger partial charge in [0, 0.05) is 24.3 Å². The van der Waals surface area contributed by atoms with E-state index in [4.69, 9.17) is 4.74 Å². The zero-order chi connectivity index (χ0) is 16.9. The summed E-state index contributed by atoms with van der Waals surface area (Å²) in [6.45, 7) is 14.3. The first-order valence-corrected chi connectivity index (χ1v) is 7.65. The molecule has 0 fully saturated rings. The number of hydrogen-bond acceptors (Lipinski definition) is 4. The Morgan fingerprint density at radius 2 is 2.00 bits per heavy atom. The monoisotopic (exact) mass is 306 g/mol. The van der Waals surface area contributed by atoms with Crippen molar-refractivity contribution in [3.8, 4) is 0 Å². The third kappa shape index (κ3) is 3.47. The lowest BCUT2D eigenvalue weighted by Gasteiger charge is -2.12. The van der Waals surface area contributed by atoms with E-state index in [1.54, 1.807) is 19.9 Å². The molecule has 1 atom stereocenters. The van der Waals surface area contributed by atoms with Gasteiger partial charge in [0.05, 0.1) is 12.6 Å². The molecule has 1 rings (SSSR count). The Kier molecular flexibility index (Phi) is 6.56. The molecule has 1 aromatic rings. The smallest absolute Gasteiger partial charge is 0.355 e. The number of ether oxygens (including phenoxy) is 1. The first-order chi connectivity index (χ1) is 10.4. The van der Waals surface area contributed by atoms with E-state index in [1.165, 1.54) is 0 Å². The van der Waals surface area contributed by atoms with Gasteiger partial charge in [0.1, 0.15) is 5.69 Å². The minimum Gasteiger partial charge on any atom is -0.461 e. The normalized spacial score (nSPS) is 12.0. The second-order valence-corrected chi connectivity index (χ2v) is 5.18. The van der Waals surface area contributed by atoms with E-state index in [9.17, 15) is 9.59 Å². The van der Waals surface area contributed by atoms with E-state index >= 15 is 0 Å². The number of Topliss-reactive ketones (excluding diaryl/α,β-unsaturated/α-hetero) is 1. The van der Waals surface area contributed by atoms with Crippen LogP contribution in [0.3, 0.4) is 0 Å². The Bertz CT molecular complexity index is 573. The number of nitrogens with zero attached hydrogens (tertiary/aromatic N) is 1. The fourth-order valence-corrected chi connectivity index (χ4v) is 2.69. The summed E-state index contributed by atoms with van der Waals surface area (Å²) in [4.78, 5) is 24.9. The number of carbonyl (C=O) groups excluding carboxylic acids is 2. The van der Waals surface area contributed by atoms with Crippen molar-refractivity contribution in [2.24, 2.45) is 0 Å². The maximum absolute atomic E-state index is 12.7. The summed E-state index contributed by atoms with van der Waals surface area (Å²) in [5.41, 5.74) is 2.57. The number of aromatic nitrogens is 1. The predicted octanol–water partition coefficient (Wildman–Crippen LogP) is 2.65. The Balaban J connectivity index is 3.29. The topological polar surface area (TPSA) is 60.3 Å². The van der Waals surface area contributed by atoms with Crippen LogP contribution >= 0.6 is 0 Å². The van der Waals surface area contributed by atoms with Gasteiger partial charge in [-0.05, 0) is 40.2 Å². The molecule has 0 radical (unpaired) electrons. The number of nitrogens with one attached hydrogen (secondary N) is 1. The maximum atomic E-state index is 12.7. The van der Waals surface area contributed by atoms with E-state index in [1.807, 2.05) is 25.3 Å². The number of carbonyl (C=O) groups is 2. The minimum absolute atomic E-state index is 0.0189. The van der Waals surface area contributed by atoms with Crippen LogP contribution in [0.2, 0.25) is 0 Å². The average molecular weight is 306 g/mol. The summed E-state index contributed by atoms with van der Waals surface area (Å²) in [6.07, 6.45) is 1.71. The second-order valence-electron chi connectivity index (χ2n) is 5.18. The number of ketones is 1. The van der Waals surface area contributed by atoms with Crippen molar-refractivity contribution in [1.82, 2.24) is 9.88 Å². The molecule has 0 aliphatic heterocycles. The van der Waals surface area contributed by atoms with Gasteiger partial charge in [-0.15, -0.1) is 6.58 Å². The number of rotatable bonds is 8. The molecule has 0 bridgehead atoms. The van der Waals surface area contributed by atoms with Gasteiger partial charge < -0.3 is 14.6 Å². The average Bonchev–Trinajstić information content (AvgIpc) is 2.74. The Hall–Kier alpha value is -1.88. The fourth-order valence-electron chi connectivity index (χ4n) is 2.69. The molecule has 0 aromatic carbocycles. The van der Waals surface area contributed by atoms with E-state index < -0.39 is 0 Å². The summed E-state index contributed by atoms with van der Waals surface area (Å²) < 4.78 is 6.97. The standard InChI is InChI=1S/C17H26N2O3/c1-7-10-18-12(5)16(20)14-11(4)15(17(21)22-9-3)19(8-2)13(14)6/h7,12,18H,1,8-10H2,2-6H3. The molecular formula is C17H26N2O3. The van der Waals surface area contributed by atoms with Gasteiger partial charge in [0.15, 0.2) is 5.78 Å². The molecule has 0 amide bonds. The summed E-state index contributed by atoms with van der Waals surface area (Å²) >= 11 is 0. The highest BCUT2D eigenvalue weighted by molar-refractivity contribution is 6.05. The first-order valence-electron chi connectivity index (χ1n) is 7.65. The zero-order valence-electron chi connectivity index (χ0n) is 14.2. The van der Waals surface area contributed by atoms with Crippen molar-refractivity contribution in [2.45, 2.75) is 47.2 Å². The Morgan fingerprint density at radius 3 is 2.50 bits per heavy atom. The quantitative estimate of drug-likeness (QED) is 0.456. The lowest BCUT2D eigenvalue weighted by atomic mass is 10.0. The lowest BCUT2D eigenvalue weighted by molar-refractivity contribution is 0.0512. The molecule has 5 heteroatoms. The Labute approximate surface area is 132 Å². The van der Waals surface area contributed by atoms with Crippen LogP contribution in [-0.4, -0.2) is 35.5 Å². The molecule has 0 aliphatic carbocycles. The highest BCUT2D eigenvalue weighted by atomic mass is 16.5. The minimum atomic E-state index is -0.379. The molecule has 1 unspecified atom stereocenters. The molecule has 22 heavy (non-hydrogen) atoms. The summed E-state index contributed by atoms with van der Waals surface area (Å²) in [5, 5.41) is 3.09. The van der Waals surface area contributed by atoms with Gasteiger partial charge in [-0.2, -0.15) is 0 Å². The number of hydrogen-bond donors (Lipinski definition) is 1. The second kappa shape index (κ2) is 7.94. The van der Waals surface area contributed by atoms with Gasteiger partial charge in [-0.3, -0.25) is 4.79 Å². The van der Waals surface area contributed by atoms with Crippen LogP contribution in [0.5, 0.6) is 0 Å². The van der Waals surface area contributed by atoms with Crippen molar-refractivity contribution >= 4 is 11.8 Å². The van der Waals surface area contributed by atoms with Gasteiger partial charge >= 0.3 is 5.97 Å². The molecular weight excluding hydrogens is 280 g/mol. The van der Waals surface area contributed by atoms with Crippen molar-refractivity contribution in [1.29, 1.82) is 0 Å². The molecule has 0 aliphatic rings. The van der Waals surface area contributed by atoms with Crippen LogP contribution in [0.1, 0.15) is 52.9 Å². The van der Waals surface area contributed by atoms with Gasteiger partial charge in [0.25, 0.3) is 0 Å². The molecule has 0 spiro atoms. The van der Waals surface area contributed by atoms with Crippen LogP contribution in [0.15, 0.2) is 12.7 Å². The maximum Gasteiger partial charge on any atom is 0.355 e. The zero-order valence-corrected chi connectivity index (χ0v) is 14.2. The van der Waals surface area contributed by atoms with Crippen molar-refractivity contribution in [2.75, 3.05) is 13.2 Å². The van der Waals surface area contributed by atoms with Crippen LogP contribution in [0.4, 0.5) is 0 Å². The number of esters is 1. The summed E-state index contributed by atoms with van der Waals surface area (Å²) in [7, 11) is 0. The molecule has 1 heterocycles. The van der Waals surface area contributed by atoms with Gasteiger partial charge in [0.2, 0.25) is 0 Å². The summed E-state index contributed by atoms with van der Waals surface area (Å²) in [5.74, 6) is -0.398. The lowest BCUT2D eigenvalue weighted by Crippen LogP contribution is -2.34. The van der Waals surface area contributed by atoms with E-state index in [2.05, 4.69) is 11.9 Å². The fraction of sp³-hybridized carbons (Fsp3) is 0.529. The third-order valence-electron chi connectivity index (χ3n) is 3.76. The van der Waals surface area contributed by atoms with Crippen LogP contribution in [0.25, 0.3) is 0 Å². The first kappa shape index (κ1) is 18.2. The SMILES string of the molecule is C=CCNC(C)C(=O)c1c(C)c(C(=O)OCC)n(CC)c1C. The predicted molar refractivity (Wildman–Crippen MR) is 87.5 cm³/mol. The van der Waals surface area contributed by atoms with E-state index in [0.29, 0.717) is 36.5 Å². The molecule has 1 aromatic heterocycles.